The molecular weight excluding hydrogens is 164 g/mol. The van der Waals surface area contributed by atoms with Crippen LogP contribution < -0.4 is 0 Å². The van der Waals surface area contributed by atoms with Gasteiger partial charge >= 0.3 is 0 Å². The third kappa shape index (κ3) is 2.02. The van der Waals surface area contributed by atoms with Crippen LogP contribution in [0.3, 0.4) is 0 Å². The Kier molecular flexibility index (Phi) is 2.96. The molecule has 0 radical (unpaired) electrons. The first-order valence-corrected chi connectivity index (χ1v) is 4.81. The van der Waals surface area contributed by atoms with E-state index in [0.717, 1.165) is 24.4 Å². The van der Waals surface area contributed by atoms with E-state index in [0.29, 0.717) is 11.7 Å². The molecule has 1 aromatic heterocycles. The number of aromatic nitrogens is 2. The molecule has 3 heteroatoms. The Morgan fingerprint density at radius 3 is 2.46 bits per heavy atom. The highest BCUT2D eigenvalue weighted by molar-refractivity contribution is 5.31. The molecule has 74 valence electrons. The highest BCUT2D eigenvalue weighted by Gasteiger charge is 2.13. The lowest BCUT2D eigenvalue weighted by Crippen LogP contribution is -2.00. The topological polar surface area (TPSA) is 38.0 Å². The van der Waals surface area contributed by atoms with Crippen LogP contribution in [0.4, 0.5) is 0 Å². The summed E-state index contributed by atoms with van der Waals surface area (Å²) >= 11 is 0. The molecule has 1 heterocycles. The summed E-state index contributed by atoms with van der Waals surface area (Å²) in [5, 5.41) is 14.0. The van der Waals surface area contributed by atoms with Gasteiger partial charge < -0.3 is 5.11 Å². The zero-order valence-electron chi connectivity index (χ0n) is 8.83. The van der Waals surface area contributed by atoms with Gasteiger partial charge in [-0.25, -0.2) is 0 Å². The van der Waals surface area contributed by atoms with Crippen molar-refractivity contribution in [2.45, 2.75) is 40.7 Å². The molecule has 1 aromatic rings. The molecule has 3 nitrogen and oxygen atoms in total. The molecule has 0 aromatic carbocycles. The van der Waals surface area contributed by atoms with E-state index in [-0.39, 0.29) is 0 Å². The van der Waals surface area contributed by atoms with Crippen LogP contribution in [-0.2, 0) is 13.0 Å². The minimum atomic E-state index is 0.371. The molecular formula is C10H18N2O. The summed E-state index contributed by atoms with van der Waals surface area (Å²) in [6.07, 6.45) is 0.847. The van der Waals surface area contributed by atoms with Gasteiger partial charge in [0.1, 0.15) is 5.69 Å². The van der Waals surface area contributed by atoms with Crippen molar-refractivity contribution >= 4 is 0 Å². The first-order valence-electron chi connectivity index (χ1n) is 4.81. The number of hydrogen-bond acceptors (Lipinski definition) is 2. The first-order chi connectivity index (χ1) is 6.06. The normalized spacial score (nSPS) is 11.2. The Morgan fingerprint density at radius 1 is 1.46 bits per heavy atom. The maximum atomic E-state index is 9.72. The molecule has 0 aliphatic carbocycles. The molecule has 0 saturated heterocycles. The SMILES string of the molecule is CCn1nc(CC(C)C)c(O)c1C. The molecule has 0 saturated carbocycles. The second-order valence-electron chi connectivity index (χ2n) is 3.79. The van der Waals surface area contributed by atoms with Gasteiger partial charge in [-0.05, 0) is 26.2 Å². The number of rotatable bonds is 3. The first kappa shape index (κ1) is 10.1. The molecule has 1 N–H and O–H groups in total. The van der Waals surface area contributed by atoms with Crippen molar-refractivity contribution in [1.29, 1.82) is 0 Å². The summed E-state index contributed by atoms with van der Waals surface area (Å²) in [6.45, 7) is 8.99. The molecule has 0 amide bonds. The molecule has 0 bridgehead atoms. The van der Waals surface area contributed by atoms with Crippen LogP contribution >= 0.6 is 0 Å². The van der Waals surface area contributed by atoms with E-state index in [9.17, 15) is 5.11 Å². The fourth-order valence-corrected chi connectivity index (χ4v) is 1.43. The van der Waals surface area contributed by atoms with Gasteiger partial charge in [0.25, 0.3) is 0 Å². The van der Waals surface area contributed by atoms with Crippen molar-refractivity contribution in [3.8, 4) is 5.75 Å². The second kappa shape index (κ2) is 3.81. The van der Waals surface area contributed by atoms with Gasteiger partial charge in [-0.2, -0.15) is 5.10 Å². The van der Waals surface area contributed by atoms with E-state index < -0.39 is 0 Å². The third-order valence-electron chi connectivity index (χ3n) is 2.15. The zero-order valence-corrected chi connectivity index (χ0v) is 8.83. The minimum Gasteiger partial charge on any atom is -0.504 e. The highest BCUT2D eigenvalue weighted by atomic mass is 16.3. The molecule has 0 aliphatic rings. The van der Waals surface area contributed by atoms with Crippen LogP contribution in [0, 0.1) is 12.8 Å². The van der Waals surface area contributed by atoms with Gasteiger partial charge in [0, 0.05) is 6.54 Å². The lowest BCUT2D eigenvalue weighted by atomic mass is 10.1. The number of aryl methyl sites for hydroxylation is 1. The van der Waals surface area contributed by atoms with Gasteiger partial charge in [0.05, 0.1) is 5.69 Å². The lowest BCUT2D eigenvalue weighted by molar-refractivity contribution is 0.457. The van der Waals surface area contributed by atoms with Crippen molar-refractivity contribution in [2.75, 3.05) is 0 Å². The van der Waals surface area contributed by atoms with Gasteiger partial charge in [-0.15, -0.1) is 0 Å². The average molecular weight is 182 g/mol. The Hall–Kier alpha value is -0.990. The van der Waals surface area contributed by atoms with Gasteiger partial charge in [-0.3, -0.25) is 4.68 Å². The molecule has 0 aliphatic heterocycles. The maximum Gasteiger partial charge on any atom is 0.159 e. The van der Waals surface area contributed by atoms with Gasteiger partial charge in [0.2, 0.25) is 0 Å². The maximum absolute atomic E-state index is 9.72. The van der Waals surface area contributed by atoms with Crippen LogP contribution in [-0.4, -0.2) is 14.9 Å². The van der Waals surface area contributed by atoms with Crippen LogP contribution in [0.5, 0.6) is 5.75 Å². The summed E-state index contributed by atoms with van der Waals surface area (Å²) in [7, 11) is 0. The van der Waals surface area contributed by atoms with E-state index in [1.54, 1.807) is 0 Å². The summed E-state index contributed by atoms with van der Waals surface area (Å²) in [4.78, 5) is 0. The fourth-order valence-electron chi connectivity index (χ4n) is 1.43. The molecule has 13 heavy (non-hydrogen) atoms. The van der Waals surface area contributed by atoms with E-state index in [1.807, 2.05) is 18.5 Å². The van der Waals surface area contributed by atoms with E-state index in [4.69, 9.17) is 0 Å². The summed E-state index contributed by atoms with van der Waals surface area (Å²) in [5.41, 5.74) is 1.70. The van der Waals surface area contributed by atoms with Gasteiger partial charge in [-0.1, -0.05) is 13.8 Å². The molecule has 0 unspecified atom stereocenters. The van der Waals surface area contributed by atoms with Crippen molar-refractivity contribution in [3.63, 3.8) is 0 Å². The van der Waals surface area contributed by atoms with Crippen molar-refractivity contribution in [3.05, 3.63) is 11.4 Å². The van der Waals surface area contributed by atoms with Crippen molar-refractivity contribution in [2.24, 2.45) is 5.92 Å². The van der Waals surface area contributed by atoms with E-state index in [1.165, 1.54) is 0 Å². The third-order valence-corrected chi connectivity index (χ3v) is 2.15. The van der Waals surface area contributed by atoms with Gasteiger partial charge in [0.15, 0.2) is 5.75 Å². The Morgan fingerprint density at radius 2 is 2.08 bits per heavy atom. The predicted octanol–water partition coefficient (Wildman–Crippen LogP) is 2.12. The Bertz CT molecular complexity index is 289. The smallest absolute Gasteiger partial charge is 0.159 e. The van der Waals surface area contributed by atoms with Crippen LogP contribution in [0.15, 0.2) is 0 Å². The zero-order chi connectivity index (χ0) is 10.0. The molecule has 0 atom stereocenters. The van der Waals surface area contributed by atoms with E-state index in [2.05, 4.69) is 18.9 Å². The van der Waals surface area contributed by atoms with E-state index >= 15 is 0 Å². The monoisotopic (exact) mass is 182 g/mol. The lowest BCUT2D eigenvalue weighted by Gasteiger charge is -2.00. The largest absolute Gasteiger partial charge is 0.504 e. The van der Waals surface area contributed by atoms with Crippen LogP contribution in [0.1, 0.15) is 32.2 Å². The fraction of sp³-hybridized carbons (Fsp3) is 0.700. The summed E-state index contributed by atoms with van der Waals surface area (Å²) < 4.78 is 1.84. The van der Waals surface area contributed by atoms with Crippen LogP contribution in [0.2, 0.25) is 0 Å². The van der Waals surface area contributed by atoms with Crippen molar-refractivity contribution < 1.29 is 5.11 Å². The summed E-state index contributed by atoms with van der Waals surface area (Å²) in [5.74, 6) is 0.904. The second-order valence-corrected chi connectivity index (χ2v) is 3.79. The predicted molar refractivity (Wildman–Crippen MR) is 52.8 cm³/mol. The standard InChI is InChI=1S/C10H18N2O/c1-5-12-8(4)10(13)9(11-12)6-7(2)3/h7,13H,5-6H2,1-4H3. The number of nitrogens with zero attached hydrogens (tertiary/aromatic N) is 2. The number of aromatic hydroxyl groups is 1. The highest BCUT2D eigenvalue weighted by Crippen LogP contribution is 2.23. The van der Waals surface area contributed by atoms with Crippen LogP contribution in [0.25, 0.3) is 0 Å². The van der Waals surface area contributed by atoms with Crippen molar-refractivity contribution in [1.82, 2.24) is 9.78 Å². The number of hydrogen-bond donors (Lipinski definition) is 1. The molecule has 1 rings (SSSR count). The molecule has 0 spiro atoms. The molecule has 0 fully saturated rings. The Balaban J connectivity index is 2.95. The minimum absolute atomic E-state index is 0.371. The summed E-state index contributed by atoms with van der Waals surface area (Å²) in [6, 6.07) is 0. The average Bonchev–Trinajstić information content (AvgIpc) is 2.32. The quantitative estimate of drug-likeness (QED) is 0.777. The Labute approximate surface area is 79.4 Å².